The van der Waals surface area contributed by atoms with E-state index in [1.54, 1.807) is 11.8 Å². The predicted molar refractivity (Wildman–Crippen MR) is 119 cm³/mol. The minimum Gasteiger partial charge on any atom is -0.496 e. The number of alkyl halides is 3. The molecule has 0 aliphatic carbocycles. The Morgan fingerprint density at radius 3 is 2.36 bits per heavy atom. The van der Waals surface area contributed by atoms with Crippen molar-refractivity contribution in [2.75, 3.05) is 20.2 Å². The Balaban J connectivity index is 0.00000324. The number of rotatable bonds is 3. The lowest BCUT2D eigenvalue weighted by Gasteiger charge is -2.51. The number of benzene rings is 1. The van der Waals surface area contributed by atoms with Gasteiger partial charge < -0.3 is 14.2 Å². The fourth-order valence-corrected chi connectivity index (χ4v) is 5.23. The second kappa shape index (κ2) is 7.90. The van der Waals surface area contributed by atoms with Crippen LogP contribution in [0.5, 0.6) is 5.75 Å². The molecule has 0 radical (unpaired) electrons. The van der Waals surface area contributed by atoms with E-state index in [-0.39, 0.29) is 24.1 Å². The fourth-order valence-electron chi connectivity index (χ4n) is 5.23. The van der Waals surface area contributed by atoms with Crippen molar-refractivity contribution in [3.05, 3.63) is 52.8 Å². The summed E-state index contributed by atoms with van der Waals surface area (Å²) in [7, 11) is 1.17. The molecule has 2 aliphatic rings. The Morgan fingerprint density at radius 2 is 1.79 bits per heavy atom. The van der Waals surface area contributed by atoms with Crippen LogP contribution in [0.15, 0.2) is 30.3 Å². The van der Waals surface area contributed by atoms with Crippen LogP contribution in [-0.2, 0) is 18.3 Å². The number of methoxy groups -OCH3 is 1. The van der Waals surface area contributed by atoms with Crippen LogP contribution in [0, 0.1) is 0 Å². The maximum absolute atomic E-state index is 13.4. The zero-order valence-electron chi connectivity index (χ0n) is 19.2. The molecule has 1 aromatic heterocycles. The number of carbonyl (C=O) groups excluding carboxylic acids is 2. The number of nitrogens with zero attached hydrogens (tertiary/aromatic N) is 2. The zero-order chi connectivity index (χ0) is 24.2. The first-order chi connectivity index (χ1) is 15.4. The van der Waals surface area contributed by atoms with Crippen molar-refractivity contribution in [3.8, 4) is 5.75 Å². The Morgan fingerprint density at radius 1 is 1.12 bits per heavy atom. The first-order valence-electron chi connectivity index (χ1n) is 10.9. The Bertz CT molecular complexity index is 1100. The number of hydrogen-bond donors (Lipinski definition) is 1. The van der Waals surface area contributed by atoms with Crippen molar-refractivity contribution in [1.82, 2.24) is 14.8 Å². The molecule has 0 atom stereocenters. The SMILES string of the molecule is COc1ccc(C(=O)N2CCC3(CC2)NC(C)(C)Cn2c(C(C)=O)ccc23)cc1C(F)(F)F.[HH]. The lowest BCUT2D eigenvalue weighted by molar-refractivity contribution is -0.138. The maximum Gasteiger partial charge on any atom is 0.419 e. The average molecular weight is 466 g/mol. The number of fused-ring (bicyclic) bond motifs is 2. The Kier molecular flexibility index (Phi) is 5.59. The summed E-state index contributed by atoms with van der Waals surface area (Å²) in [5.74, 6) is -0.748. The largest absolute Gasteiger partial charge is 0.496 e. The zero-order valence-corrected chi connectivity index (χ0v) is 19.2. The number of amides is 1. The highest BCUT2D eigenvalue weighted by Crippen LogP contribution is 2.41. The van der Waals surface area contributed by atoms with Crippen LogP contribution < -0.4 is 10.1 Å². The number of likely N-dealkylation sites (tertiary alicyclic amines) is 1. The van der Waals surface area contributed by atoms with Crippen LogP contribution >= 0.6 is 0 Å². The molecule has 1 saturated heterocycles. The van der Waals surface area contributed by atoms with E-state index in [2.05, 4.69) is 23.7 Å². The molecule has 1 amide bonds. The quantitative estimate of drug-likeness (QED) is 0.679. The Labute approximate surface area is 192 Å². The number of Topliss-reactive ketones (excluding diaryl/α,β-unsaturated/α-hetero) is 1. The van der Waals surface area contributed by atoms with Crippen molar-refractivity contribution in [3.63, 3.8) is 0 Å². The molecule has 4 rings (SSSR count). The molecule has 0 bridgehead atoms. The molecule has 1 aromatic carbocycles. The molecule has 6 nitrogen and oxygen atoms in total. The van der Waals surface area contributed by atoms with E-state index in [4.69, 9.17) is 4.74 Å². The van der Waals surface area contributed by atoms with Gasteiger partial charge in [0.15, 0.2) is 5.78 Å². The average Bonchev–Trinajstić information content (AvgIpc) is 3.16. The molecule has 1 spiro atoms. The van der Waals surface area contributed by atoms with Crippen LogP contribution in [0.2, 0.25) is 0 Å². The van der Waals surface area contributed by atoms with Gasteiger partial charge in [0.2, 0.25) is 0 Å². The number of ketones is 1. The van der Waals surface area contributed by atoms with Gasteiger partial charge in [-0.15, -0.1) is 0 Å². The van der Waals surface area contributed by atoms with Gasteiger partial charge in [-0.2, -0.15) is 13.2 Å². The number of nitrogens with one attached hydrogen (secondary N) is 1. The molecule has 2 aliphatic heterocycles. The molecule has 33 heavy (non-hydrogen) atoms. The normalized spacial score (nSPS) is 19.3. The third kappa shape index (κ3) is 4.14. The summed E-state index contributed by atoms with van der Waals surface area (Å²) in [4.78, 5) is 26.8. The van der Waals surface area contributed by atoms with Crippen LogP contribution in [0.4, 0.5) is 13.2 Å². The van der Waals surface area contributed by atoms with Crippen molar-refractivity contribution in [2.24, 2.45) is 0 Å². The third-order valence-corrected chi connectivity index (χ3v) is 6.62. The highest BCUT2D eigenvalue weighted by molar-refractivity contribution is 5.95. The van der Waals surface area contributed by atoms with E-state index in [0.29, 0.717) is 38.2 Å². The third-order valence-electron chi connectivity index (χ3n) is 6.62. The molecule has 180 valence electrons. The fraction of sp³-hybridized carbons (Fsp3) is 0.500. The summed E-state index contributed by atoms with van der Waals surface area (Å²) < 4.78 is 47.1. The van der Waals surface area contributed by atoms with Gasteiger partial charge >= 0.3 is 6.18 Å². The number of piperidine rings is 1. The minimum absolute atomic E-state index is 0. The molecule has 2 aromatic rings. The van der Waals surface area contributed by atoms with Crippen molar-refractivity contribution >= 4 is 11.7 Å². The summed E-state index contributed by atoms with van der Waals surface area (Å²) in [6.07, 6.45) is -3.44. The lowest BCUT2D eigenvalue weighted by atomic mass is 9.79. The van der Waals surface area contributed by atoms with Crippen LogP contribution in [0.3, 0.4) is 0 Å². The monoisotopic (exact) mass is 465 g/mol. The van der Waals surface area contributed by atoms with Crippen LogP contribution in [0.25, 0.3) is 0 Å². The van der Waals surface area contributed by atoms with Gasteiger partial charge in [0.1, 0.15) is 5.75 Å². The van der Waals surface area contributed by atoms with E-state index >= 15 is 0 Å². The first kappa shape index (κ1) is 23.4. The van der Waals surface area contributed by atoms with E-state index in [0.717, 1.165) is 11.8 Å². The van der Waals surface area contributed by atoms with Gasteiger partial charge in [0, 0.05) is 44.8 Å². The summed E-state index contributed by atoms with van der Waals surface area (Å²) in [5, 5.41) is 3.72. The second-order valence-corrected chi connectivity index (χ2v) is 9.54. The smallest absolute Gasteiger partial charge is 0.419 e. The standard InChI is InChI=1S/C24H28F3N3O3.H2/c1-15(31)18-6-8-20-23(28-22(2,3)14-30(18)20)9-11-29(12-10-23)21(32)16-5-7-19(33-4)17(13-16)24(25,26)27;/h5-8,13,28H,9-12,14H2,1-4H3;1H. The molecule has 0 unspecified atom stereocenters. The Hall–Kier alpha value is -2.81. The highest BCUT2D eigenvalue weighted by atomic mass is 19.4. The topological polar surface area (TPSA) is 63.6 Å². The number of ether oxygens (including phenoxy) is 1. The van der Waals surface area contributed by atoms with E-state index < -0.39 is 23.2 Å². The molecule has 1 fully saturated rings. The predicted octanol–water partition coefficient (Wildman–Crippen LogP) is 4.48. The van der Waals surface area contributed by atoms with Gasteiger partial charge in [-0.05, 0) is 57.0 Å². The maximum atomic E-state index is 13.4. The summed E-state index contributed by atoms with van der Waals surface area (Å²) in [6.45, 7) is 7.13. The first-order valence-corrected chi connectivity index (χ1v) is 10.9. The molecule has 9 heteroatoms. The van der Waals surface area contributed by atoms with Crippen molar-refractivity contribution in [2.45, 2.75) is 57.4 Å². The second-order valence-electron chi connectivity index (χ2n) is 9.54. The van der Waals surface area contributed by atoms with Gasteiger partial charge in [0.25, 0.3) is 5.91 Å². The molecular weight excluding hydrogens is 435 g/mol. The molecule has 1 N–H and O–H groups in total. The minimum atomic E-state index is -4.62. The number of halogens is 3. The van der Waals surface area contributed by atoms with Gasteiger partial charge in [-0.3, -0.25) is 14.9 Å². The van der Waals surface area contributed by atoms with Gasteiger partial charge in [0.05, 0.1) is 23.9 Å². The molecule has 0 saturated carbocycles. The molecular formula is C24H30F3N3O3. The summed E-state index contributed by atoms with van der Waals surface area (Å²) >= 11 is 0. The van der Waals surface area contributed by atoms with E-state index in [1.807, 2.05) is 12.1 Å². The van der Waals surface area contributed by atoms with E-state index in [9.17, 15) is 22.8 Å². The number of carbonyl (C=O) groups is 2. The van der Waals surface area contributed by atoms with Gasteiger partial charge in [-0.25, -0.2) is 0 Å². The van der Waals surface area contributed by atoms with Crippen LogP contribution in [-0.4, -0.2) is 46.9 Å². The molecule has 3 heterocycles. The van der Waals surface area contributed by atoms with Crippen molar-refractivity contribution < 1.29 is 28.9 Å². The van der Waals surface area contributed by atoms with Crippen LogP contribution in [0.1, 0.15) is 67.1 Å². The van der Waals surface area contributed by atoms with Crippen molar-refractivity contribution in [1.29, 1.82) is 0 Å². The van der Waals surface area contributed by atoms with E-state index in [1.165, 1.54) is 19.2 Å². The highest BCUT2D eigenvalue weighted by Gasteiger charge is 2.46. The number of aromatic nitrogens is 1. The summed E-state index contributed by atoms with van der Waals surface area (Å²) in [6, 6.07) is 7.22. The summed E-state index contributed by atoms with van der Waals surface area (Å²) in [5.41, 5.74) is 0.0228. The lowest BCUT2D eigenvalue weighted by Crippen LogP contribution is -2.63. The van der Waals surface area contributed by atoms with Gasteiger partial charge in [-0.1, -0.05) is 0 Å². The number of hydrogen-bond acceptors (Lipinski definition) is 4.